The first kappa shape index (κ1) is 17.1. The summed E-state index contributed by atoms with van der Waals surface area (Å²) in [7, 11) is 0. The zero-order chi connectivity index (χ0) is 17.9. The first-order valence-electron chi connectivity index (χ1n) is 9.12. The fraction of sp³-hybridized carbons (Fsp3) is 0.400. The first-order valence-corrected chi connectivity index (χ1v) is 10.0. The highest BCUT2D eigenvalue weighted by Gasteiger charge is 2.28. The number of amides is 1. The molecule has 3 heterocycles. The number of aryl methyl sites for hydroxylation is 2. The van der Waals surface area contributed by atoms with E-state index in [9.17, 15) is 4.79 Å². The standard InChI is InChI=1S/C20H23N3O2S/c1-14-10-12-26-18(14)8-9-19(24)21-13-15-5-4-11-23(15)20-22-16-6-2-3-7-17(16)25-20/h2-3,6-7,10,12,15H,4-5,8-9,11,13H2,1H3,(H,21,24). The monoisotopic (exact) mass is 369 g/mol. The van der Waals surface area contributed by atoms with Crippen molar-refractivity contribution in [1.82, 2.24) is 10.3 Å². The fourth-order valence-electron chi connectivity index (χ4n) is 3.49. The van der Waals surface area contributed by atoms with Crippen molar-refractivity contribution in [3.05, 3.63) is 46.2 Å². The van der Waals surface area contributed by atoms with Gasteiger partial charge in [0.15, 0.2) is 5.58 Å². The Morgan fingerprint density at radius 2 is 2.27 bits per heavy atom. The van der Waals surface area contributed by atoms with Gasteiger partial charge < -0.3 is 14.6 Å². The van der Waals surface area contributed by atoms with Crippen LogP contribution in [0.5, 0.6) is 0 Å². The number of hydrogen-bond acceptors (Lipinski definition) is 5. The van der Waals surface area contributed by atoms with Gasteiger partial charge in [-0.1, -0.05) is 12.1 Å². The number of hydrogen-bond donors (Lipinski definition) is 1. The maximum atomic E-state index is 12.2. The van der Waals surface area contributed by atoms with Crippen LogP contribution < -0.4 is 10.2 Å². The molecular weight excluding hydrogens is 346 g/mol. The van der Waals surface area contributed by atoms with E-state index >= 15 is 0 Å². The van der Waals surface area contributed by atoms with Crippen LogP contribution in [-0.4, -0.2) is 30.0 Å². The van der Waals surface area contributed by atoms with Gasteiger partial charge in [-0.2, -0.15) is 4.98 Å². The third kappa shape index (κ3) is 3.60. The Hall–Kier alpha value is -2.34. The summed E-state index contributed by atoms with van der Waals surface area (Å²) in [5.41, 5.74) is 2.97. The second-order valence-electron chi connectivity index (χ2n) is 6.78. The number of para-hydroxylation sites is 2. The van der Waals surface area contributed by atoms with Crippen molar-refractivity contribution in [3.8, 4) is 0 Å². The van der Waals surface area contributed by atoms with E-state index in [4.69, 9.17) is 4.42 Å². The number of rotatable bonds is 6. The van der Waals surface area contributed by atoms with E-state index in [1.54, 1.807) is 11.3 Å². The smallest absolute Gasteiger partial charge is 0.298 e. The molecule has 5 nitrogen and oxygen atoms in total. The van der Waals surface area contributed by atoms with Crippen LogP contribution in [0.2, 0.25) is 0 Å². The Labute approximate surface area is 157 Å². The lowest BCUT2D eigenvalue weighted by Gasteiger charge is -2.23. The van der Waals surface area contributed by atoms with Gasteiger partial charge in [-0.15, -0.1) is 11.3 Å². The molecule has 0 aliphatic carbocycles. The van der Waals surface area contributed by atoms with Crippen molar-refractivity contribution in [3.63, 3.8) is 0 Å². The van der Waals surface area contributed by atoms with Gasteiger partial charge in [0.1, 0.15) is 5.52 Å². The topological polar surface area (TPSA) is 58.4 Å². The zero-order valence-electron chi connectivity index (χ0n) is 14.9. The van der Waals surface area contributed by atoms with E-state index in [1.807, 2.05) is 24.3 Å². The summed E-state index contributed by atoms with van der Waals surface area (Å²) in [6, 6.07) is 10.8. The number of aromatic nitrogens is 1. The van der Waals surface area contributed by atoms with Crippen LogP contribution in [-0.2, 0) is 11.2 Å². The Kier molecular flexibility index (Phi) is 4.93. The molecular formula is C20H23N3O2S. The summed E-state index contributed by atoms with van der Waals surface area (Å²) in [5.74, 6) is 0.113. The van der Waals surface area contributed by atoms with Gasteiger partial charge >= 0.3 is 0 Å². The molecule has 1 fully saturated rings. The summed E-state index contributed by atoms with van der Waals surface area (Å²) in [6.45, 7) is 3.66. The van der Waals surface area contributed by atoms with E-state index < -0.39 is 0 Å². The lowest BCUT2D eigenvalue weighted by atomic mass is 10.2. The SMILES string of the molecule is Cc1ccsc1CCC(=O)NCC1CCCN1c1nc2ccccc2o1. The van der Waals surface area contributed by atoms with E-state index in [2.05, 4.69) is 33.6 Å². The Balaban J connectivity index is 1.33. The summed E-state index contributed by atoms with van der Waals surface area (Å²) in [4.78, 5) is 20.3. The molecule has 1 aliphatic heterocycles. The van der Waals surface area contributed by atoms with Gasteiger partial charge in [0.2, 0.25) is 5.91 Å². The third-order valence-electron chi connectivity index (χ3n) is 4.99. The number of anilines is 1. The number of carbonyl (C=O) groups excluding carboxylic acids is 1. The normalized spacial score (nSPS) is 17.1. The largest absolute Gasteiger partial charge is 0.423 e. The molecule has 1 unspecified atom stereocenters. The van der Waals surface area contributed by atoms with E-state index in [0.717, 1.165) is 36.9 Å². The van der Waals surface area contributed by atoms with Crippen molar-refractivity contribution in [2.24, 2.45) is 0 Å². The summed E-state index contributed by atoms with van der Waals surface area (Å²) < 4.78 is 5.90. The quantitative estimate of drug-likeness (QED) is 0.716. The molecule has 1 aromatic carbocycles. The van der Waals surface area contributed by atoms with Crippen molar-refractivity contribution in [2.75, 3.05) is 18.0 Å². The van der Waals surface area contributed by atoms with Gasteiger partial charge in [-0.05, 0) is 55.3 Å². The first-order chi connectivity index (χ1) is 12.7. The number of fused-ring (bicyclic) bond motifs is 1. The number of benzene rings is 1. The Morgan fingerprint density at radius 3 is 3.08 bits per heavy atom. The minimum atomic E-state index is 0.113. The van der Waals surface area contributed by atoms with Crippen LogP contribution in [0.1, 0.15) is 29.7 Å². The second-order valence-corrected chi connectivity index (χ2v) is 7.79. The Morgan fingerprint density at radius 1 is 1.38 bits per heavy atom. The van der Waals surface area contributed by atoms with E-state index in [1.165, 1.54) is 10.4 Å². The maximum Gasteiger partial charge on any atom is 0.298 e. The molecule has 1 aliphatic rings. The van der Waals surface area contributed by atoms with Gasteiger partial charge in [0.25, 0.3) is 6.01 Å². The molecule has 1 N–H and O–H groups in total. The number of carbonyl (C=O) groups is 1. The van der Waals surface area contributed by atoms with Crippen LogP contribution in [0.25, 0.3) is 11.1 Å². The lowest BCUT2D eigenvalue weighted by molar-refractivity contribution is -0.121. The van der Waals surface area contributed by atoms with Gasteiger partial charge in [-0.3, -0.25) is 4.79 Å². The van der Waals surface area contributed by atoms with Crippen molar-refractivity contribution < 1.29 is 9.21 Å². The van der Waals surface area contributed by atoms with Crippen LogP contribution in [0.3, 0.4) is 0 Å². The fourth-order valence-corrected chi connectivity index (χ4v) is 4.40. The zero-order valence-corrected chi connectivity index (χ0v) is 15.7. The van der Waals surface area contributed by atoms with E-state index in [-0.39, 0.29) is 11.9 Å². The number of nitrogens with zero attached hydrogens (tertiary/aromatic N) is 2. The van der Waals surface area contributed by atoms with Crippen LogP contribution in [0.4, 0.5) is 6.01 Å². The minimum Gasteiger partial charge on any atom is -0.423 e. The average Bonchev–Trinajstić information content (AvgIpc) is 3.36. The molecule has 0 bridgehead atoms. The van der Waals surface area contributed by atoms with Crippen molar-refractivity contribution in [1.29, 1.82) is 0 Å². The molecule has 1 amide bonds. The molecule has 2 aromatic heterocycles. The van der Waals surface area contributed by atoms with E-state index in [0.29, 0.717) is 19.0 Å². The molecule has 1 saturated heterocycles. The van der Waals surface area contributed by atoms with Gasteiger partial charge in [0, 0.05) is 24.4 Å². The third-order valence-corrected chi connectivity index (χ3v) is 6.07. The molecule has 136 valence electrons. The van der Waals surface area contributed by atoms with Gasteiger partial charge in [-0.25, -0.2) is 0 Å². The van der Waals surface area contributed by atoms with Crippen molar-refractivity contribution >= 4 is 34.4 Å². The van der Waals surface area contributed by atoms with Crippen LogP contribution >= 0.6 is 11.3 Å². The highest BCUT2D eigenvalue weighted by Crippen LogP contribution is 2.28. The molecule has 26 heavy (non-hydrogen) atoms. The van der Waals surface area contributed by atoms with Gasteiger partial charge in [0.05, 0.1) is 6.04 Å². The Bertz CT molecular complexity index is 868. The highest BCUT2D eigenvalue weighted by atomic mass is 32.1. The minimum absolute atomic E-state index is 0.113. The molecule has 0 saturated carbocycles. The number of nitrogens with one attached hydrogen (secondary N) is 1. The summed E-state index contributed by atoms with van der Waals surface area (Å²) in [6.07, 6.45) is 3.49. The molecule has 0 spiro atoms. The van der Waals surface area contributed by atoms with Crippen LogP contribution in [0.15, 0.2) is 40.1 Å². The number of oxazole rings is 1. The molecule has 3 aromatic rings. The molecule has 1 atom stereocenters. The predicted molar refractivity (Wildman–Crippen MR) is 105 cm³/mol. The van der Waals surface area contributed by atoms with Crippen LogP contribution in [0, 0.1) is 6.92 Å². The summed E-state index contributed by atoms with van der Waals surface area (Å²) >= 11 is 1.73. The second kappa shape index (κ2) is 7.50. The predicted octanol–water partition coefficient (Wildman–Crippen LogP) is 3.92. The van der Waals surface area contributed by atoms with Crippen molar-refractivity contribution in [2.45, 2.75) is 38.6 Å². The lowest BCUT2D eigenvalue weighted by Crippen LogP contribution is -2.40. The average molecular weight is 369 g/mol. The molecule has 4 rings (SSSR count). The molecule has 6 heteroatoms. The molecule has 0 radical (unpaired) electrons. The summed E-state index contributed by atoms with van der Waals surface area (Å²) in [5, 5.41) is 5.18. The maximum absolute atomic E-state index is 12.2. The highest BCUT2D eigenvalue weighted by molar-refractivity contribution is 7.10. The number of thiophene rings is 1.